The van der Waals surface area contributed by atoms with Gasteiger partial charge in [0.2, 0.25) is 0 Å². The minimum absolute atomic E-state index is 0.00144. The zero-order valence-corrected chi connectivity index (χ0v) is 8.06. The Morgan fingerprint density at radius 2 is 2.27 bits per heavy atom. The lowest BCUT2D eigenvalue weighted by Gasteiger charge is -2.00. The molecule has 0 aliphatic rings. The summed E-state index contributed by atoms with van der Waals surface area (Å²) in [6, 6.07) is 5.94. The Morgan fingerprint density at radius 1 is 1.60 bits per heavy atom. The van der Waals surface area contributed by atoms with Crippen molar-refractivity contribution < 1.29 is 9.72 Å². The predicted octanol–water partition coefficient (Wildman–Crippen LogP) is 2.00. The van der Waals surface area contributed by atoms with Crippen molar-refractivity contribution in [3.05, 3.63) is 39.4 Å². The summed E-state index contributed by atoms with van der Waals surface area (Å²) in [7, 11) is 0. The van der Waals surface area contributed by atoms with Gasteiger partial charge in [-0.3, -0.25) is 14.9 Å². The van der Waals surface area contributed by atoms with Gasteiger partial charge in [0, 0.05) is 6.07 Å². The van der Waals surface area contributed by atoms with Crippen LogP contribution in [0, 0.1) is 28.4 Å². The highest BCUT2D eigenvalue weighted by Gasteiger charge is 2.19. The number of carbonyl (C=O) groups is 1. The van der Waals surface area contributed by atoms with Gasteiger partial charge in [-0.1, -0.05) is 6.07 Å². The number of carbonyl (C=O) groups excluding carboxylic acids is 1. The summed E-state index contributed by atoms with van der Waals surface area (Å²) in [4.78, 5) is 21.4. The number of nitro benzene ring substituents is 1. The summed E-state index contributed by atoms with van der Waals surface area (Å²) in [5, 5.41) is 19.0. The maximum Gasteiger partial charge on any atom is 0.280 e. The molecule has 1 aromatic rings. The van der Waals surface area contributed by atoms with Gasteiger partial charge in [0.15, 0.2) is 5.78 Å². The van der Waals surface area contributed by atoms with Crippen LogP contribution in [-0.4, -0.2) is 10.7 Å². The Hall–Kier alpha value is -2.22. The van der Waals surface area contributed by atoms with Gasteiger partial charge >= 0.3 is 0 Å². The average Bonchev–Trinajstić information content (AvgIpc) is 2.17. The summed E-state index contributed by atoms with van der Waals surface area (Å²) in [6.07, 6.45) is -0.343. The molecule has 0 aromatic heterocycles. The van der Waals surface area contributed by atoms with Crippen LogP contribution in [0.5, 0.6) is 0 Å². The van der Waals surface area contributed by atoms with Crippen LogP contribution in [0.2, 0.25) is 0 Å². The zero-order chi connectivity index (χ0) is 11.4. The summed E-state index contributed by atoms with van der Waals surface area (Å²) in [6.45, 7) is 1.73. The maximum absolute atomic E-state index is 11.4. The van der Waals surface area contributed by atoms with E-state index in [2.05, 4.69) is 0 Å². The molecule has 15 heavy (non-hydrogen) atoms. The Kier molecular flexibility index (Phi) is 3.13. The van der Waals surface area contributed by atoms with Crippen molar-refractivity contribution in [3.63, 3.8) is 0 Å². The fraction of sp³-hybridized carbons (Fsp3) is 0.200. The number of rotatable bonds is 3. The van der Waals surface area contributed by atoms with E-state index in [1.165, 1.54) is 12.1 Å². The van der Waals surface area contributed by atoms with Gasteiger partial charge in [0.1, 0.15) is 0 Å². The molecule has 0 bridgehead atoms. The molecule has 0 unspecified atom stereocenters. The first-order valence-electron chi connectivity index (χ1n) is 4.21. The summed E-state index contributed by atoms with van der Waals surface area (Å²) in [5.41, 5.74) is 0.504. The van der Waals surface area contributed by atoms with Crippen molar-refractivity contribution in [2.24, 2.45) is 0 Å². The van der Waals surface area contributed by atoms with E-state index in [1.54, 1.807) is 19.1 Å². The van der Waals surface area contributed by atoms with Crippen molar-refractivity contribution in [1.29, 1.82) is 5.26 Å². The number of aryl methyl sites for hydroxylation is 1. The van der Waals surface area contributed by atoms with Crippen molar-refractivity contribution in [2.45, 2.75) is 13.3 Å². The first-order chi connectivity index (χ1) is 7.06. The van der Waals surface area contributed by atoms with Gasteiger partial charge in [0.05, 0.1) is 23.0 Å². The summed E-state index contributed by atoms with van der Waals surface area (Å²) in [5.74, 6) is -0.520. The molecule has 0 aliphatic heterocycles. The first kappa shape index (κ1) is 10.9. The third kappa shape index (κ3) is 2.38. The smallest absolute Gasteiger partial charge is 0.280 e. The minimum Gasteiger partial charge on any atom is -0.293 e. The zero-order valence-electron chi connectivity index (χ0n) is 8.06. The second-order valence-electron chi connectivity index (χ2n) is 3.04. The summed E-state index contributed by atoms with van der Waals surface area (Å²) < 4.78 is 0. The van der Waals surface area contributed by atoms with E-state index < -0.39 is 10.7 Å². The monoisotopic (exact) mass is 204 g/mol. The van der Waals surface area contributed by atoms with Gasteiger partial charge in [0.25, 0.3) is 5.69 Å². The predicted molar refractivity (Wildman–Crippen MR) is 52.4 cm³/mol. The molecule has 0 atom stereocenters. The van der Waals surface area contributed by atoms with Gasteiger partial charge < -0.3 is 0 Å². The number of Topliss-reactive ketones (excluding diaryl/α,β-unsaturated/α-hetero) is 1. The third-order valence-corrected chi connectivity index (χ3v) is 1.89. The molecule has 5 heteroatoms. The molecule has 0 heterocycles. The van der Waals surface area contributed by atoms with Crippen molar-refractivity contribution >= 4 is 11.5 Å². The van der Waals surface area contributed by atoms with Crippen LogP contribution in [0.25, 0.3) is 0 Å². The largest absolute Gasteiger partial charge is 0.293 e. The number of hydrogen-bond donors (Lipinski definition) is 0. The Balaban J connectivity index is 3.25. The molecule has 0 radical (unpaired) electrons. The lowest BCUT2D eigenvalue weighted by Crippen LogP contribution is -2.03. The molecule has 0 spiro atoms. The molecular formula is C10H8N2O3. The average molecular weight is 204 g/mol. The van der Waals surface area contributed by atoms with E-state index in [1.807, 2.05) is 0 Å². The standard InChI is InChI=1S/C10H8N2O3/c1-7-2-3-9(12(14)15)8(6-7)10(13)4-5-11/h2-3,6H,4H2,1H3. The molecule has 0 amide bonds. The van der Waals surface area contributed by atoms with Crippen molar-refractivity contribution in [3.8, 4) is 6.07 Å². The Bertz CT molecular complexity index is 460. The van der Waals surface area contributed by atoms with E-state index in [4.69, 9.17) is 5.26 Å². The highest BCUT2D eigenvalue weighted by Crippen LogP contribution is 2.21. The number of nitriles is 1. The van der Waals surface area contributed by atoms with Crippen LogP contribution in [0.15, 0.2) is 18.2 Å². The fourth-order valence-corrected chi connectivity index (χ4v) is 1.20. The molecule has 0 saturated carbocycles. The quantitative estimate of drug-likeness (QED) is 0.428. The summed E-state index contributed by atoms with van der Waals surface area (Å²) >= 11 is 0. The van der Waals surface area contributed by atoms with Gasteiger partial charge in [-0.15, -0.1) is 0 Å². The van der Waals surface area contributed by atoms with E-state index in [0.29, 0.717) is 0 Å². The van der Waals surface area contributed by atoms with E-state index in [9.17, 15) is 14.9 Å². The number of nitro groups is 1. The molecule has 76 valence electrons. The molecule has 0 aliphatic carbocycles. The van der Waals surface area contributed by atoms with E-state index in [0.717, 1.165) is 5.56 Å². The van der Waals surface area contributed by atoms with Crippen LogP contribution in [0.1, 0.15) is 22.3 Å². The Morgan fingerprint density at radius 3 is 2.80 bits per heavy atom. The number of nitrogens with zero attached hydrogens (tertiary/aromatic N) is 2. The normalized spacial score (nSPS) is 9.33. The Labute approximate surface area is 86.1 Å². The van der Waals surface area contributed by atoms with Gasteiger partial charge in [-0.2, -0.15) is 5.26 Å². The number of ketones is 1. The maximum atomic E-state index is 11.4. The lowest BCUT2D eigenvalue weighted by atomic mass is 10.0. The molecular weight excluding hydrogens is 196 g/mol. The third-order valence-electron chi connectivity index (χ3n) is 1.89. The van der Waals surface area contributed by atoms with Gasteiger partial charge in [-0.25, -0.2) is 0 Å². The van der Waals surface area contributed by atoms with Crippen LogP contribution >= 0.6 is 0 Å². The molecule has 0 fully saturated rings. The SMILES string of the molecule is Cc1ccc([N+](=O)[O-])c(C(=O)CC#N)c1. The van der Waals surface area contributed by atoms with Crippen LogP contribution < -0.4 is 0 Å². The number of hydrogen-bond acceptors (Lipinski definition) is 4. The van der Waals surface area contributed by atoms with Crippen molar-refractivity contribution in [2.75, 3.05) is 0 Å². The van der Waals surface area contributed by atoms with Gasteiger partial charge in [-0.05, 0) is 18.6 Å². The van der Waals surface area contributed by atoms with E-state index in [-0.39, 0.29) is 17.7 Å². The molecule has 1 rings (SSSR count). The van der Waals surface area contributed by atoms with Crippen LogP contribution in [-0.2, 0) is 0 Å². The first-order valence-corrected chi connectivity index (χ1v) is 4.21. The molecule has 1 aromatic carbocycles. The highest BCUT2D eigenvalue weighted by atomic mass is 16.6. The molecule has 0 saturated heterocycles. The van der Waals surface area contributed by atoms with Crippen LogP contribution in [0.4, 0.5) is 5.69 Å². The second kappa shape index (κ2) is 4.33. The molecule has 5 nitrogen and oxygen atoms in total. The fourth-order valence-electron chi connectivity index (χ4n) is 1.20. The highest BCUT2D eigenvalue weighted by molar-refractivity contribution is 6.01. The van der Waals surface area contributed by atoms with Crippen LogP contribution in [0.3, 0.4) is 0 Å². The second-order valence-corrected chi connectivity index (χ2v) is 3.04. The molecule has 0 N–H and O–H groups in total. The lowest BCUT2D eigenvalue weighted by molar-refractivity contribution is -0.385. The van der Waals surface area contributed by atoms with Crippen molar-refractivity contribution in [1.82, 2.24) is 0 Å². The topological polar surface area (TPSA) is 84.0 Å². The number of benzene rings is 1. The minimum atomic E-state index is -0.621. The van der Waals surface area contributed by atoms with E-state index >= 15 is 0 Å².